The Hall–Kier alpha value is -2.51. The quantitative estimate of drug-likeness (QED) is 0.692. The number of benzene rings is 2. The van der Waals surface area contributed by atoms with E-state index < -0.39 is 9.84 Å². The van der Waals surface area contributed by atoms with Gasteiger partial charge in [-0.1, -0.05) is 19.1 Å². The van der Waals surface area contributed by atoms with E-state index in [9.17, 15) is 13.2 Å². The number of carbonyl (C=O) groups is 1. The predicted octanol–water partition coefficient (Wildman–Crippen LogP) is 3.74. The van der Waals surface area contributed by atoms with Crippen LogP contribution in [0.5, 0.6) is 0 Å². The van der Waals surface area contributed by atoms with E-state index in [2.05, 4.69) is 10.3 Å². The summed E-state index contributed by atoms with van der Waals surface area (Å²) in [6.07, 6.45) is 3.07. The van der Waals surface area contributed by atoms with Crippen LogP contribution in [0.25, 0.3) is 16.3 Å². The molecule has 1 heterocycles. The van der Waals surface area contributed by atoms with Crippen LogP contribution in [0.3, 0.4) is 0 Å². The molecule has 1 N–H and O–H groups in total. The summed E-state index contributed by atoms with van der Waals surface area (Å²) in [5.74, 6) is -0.255. The number of rotatable bonds is 5. The number of sulfone groups is 1. The molecule has 2 aromatic carbocycles. The molecule has 0 aliphatic heterocycles. The second-order valence-corrected chi connectivity index (χ2v) is 8.61. The van der Waals surface area contributed by atoms with Gasteiger partial charge in [-0.2, -0.15) is 0 Å². The zero-order valence-electron chi connectivity index (χ0n) is 13.5. The van der Waals surface area contributed by atoms with Crippen molar-refractivity contribution in [2.45, 2.75) is 11.8 Å². The van der Waals surface area contributed by atoms with E-state index in [1.807, 2.05) is 24.3 Å². The van der Waals surface area contributed by atoms with Gasteiger partial charge in [-0.15, -0.1) is 11.3 Å². The molecule has 5 nitrogen and oxygen atoms in total. The van der Waals surface area contributed by atoms with Crippen LogP contribution in [0.2, 0.25) is 0 Å². The third kappa shape index (κ3) is 4.12. The highest BCUT2D eigenvalue weighted by atomic mass is 32.2. The van der Waals surface area contributed by atoms with Crippen LogP contribution in [0.1, 0.15) is 11.9 Å². The molecule has 25 heavy (non-hydrogen) atoms. The first-order chi connectivity index (χ1) is 12.0. The Morgan fingerprint density at radius 3 is 2.56 bits per heavy atom. The van der Waals surface area contributed by atoms with Gasteiger partial charge in [0.2, 0.25) is 5.91 Å². The van der Waals surface area contributed by atoms with Gasteiger partial charge in [0.05, 0.1) is 20.9 Å². The van der Waals surface area contributed by atoms with E-state index in [0.29, 0.717) is 5.69 Å². The summed E-state index contributed by atoms with van der Waals surface area (Å²) in [4.78, 5) is 16.7. The Bertz CT molecular complexity index is 1000. The van der Waals surface area contributed by atoms with Crippen molar-refractivity contribution in [1.82, 2.24) is 4.98 Å². The van der Waals surface area contributed by atoms with Crippen molar-refractivity contribution in [2.75, 3.05) is 11.1 Å². The van der Waals surface area contributed by atoms with Gasteiger partial charge in [-0.25, -0.2) is 13.4 Å². The minimum Gasteiger partial charge on any atom is -0.323 e. The van der Waals surface area contributed by atoms with Crippen molar-refractivity contribution in [3.8, 4) is 0 Å². The maximum absolute atomic E-state index is 12.0. The van der Waals surface area contributed by atoms with Crippen molar-refractivity contribution < 1.29 is 13.2 Å². The molecule has 0 radical (unpaired) electrons. The Kier molecular flexibility index (Phi) is 4.96. The van der Waals surface area contributed by atoms with E-state index in [0.717, 1.165) is 15.2 Å². The molecule has 0 aliphatic rings. The van der Waals surface area contributed by atoms with Crippen LogP contribution in [-0.2, 0) is 14.6 Å². The molecule has 0 fully saturated rings. The lowest BCUT2D eigenvalue weighted by molar-refractivity contribution is -0.111. The van der Waals surface area contributed by atoms with Crippen molar-refractivity contribution in [2.24, 2.45) is 0 Å². The van der Waals surface area contributed by atoms with Gasteiger partial charge in [0.25, 0.3) is 0 Å². The Balaban J connectivity index is 1.67. The third-order valence-electron chi connectivity index (χ3n) is 3.55. The SMILES string of the molecule is CCS(=O)(=O)c1ccc(NC(=O)/C=C/c2nc3ccccc3s2)cc1. The molecule has 128 valence electrons. The molecule has 3 rings (SSSR count). The average Bonchev–Trinajstić information content (AvgIpc) is 3.03. The lowest BCUT2D eigenvalue weighted by atomic mass is 10.3. The number of hydrogen-bond acceptors (Lipinski definition) is 5. The minimum atomic E-state index is -3.24. The first-order valence-corrected chi connectivity index (χ1v) is 10.1. The first kappa shape index (κ1) is 17.3. The summed E-state index contributed by atoms with van der Waals surface area (Å²) in [5.41, 5.74) is 1.44. The van der Waals surface area contributed by atoms with Crippen LogP contribution in [0.15, 0.2) is 59.5 Å². The van der Waals surface area contributed by atoms with Crippen LogP contribution in [0.4, 0.5) is 5.69 Å². The molecule has 0 atom stereocenters. The van der Waals surface area contributed by atoms with Gasteiger partial charge in [-0.05, 0) is 42.5 Å². The molecule has 3 aromatic rings. The molecule has 0 saturated heterocycles. The van der Waals surface area contributed by atoms with Gasteiger partial charge >= 0.3 is 0 Å². The van der Waals surface area contributed by atoms with Crippen LogP contribution < -0.4 is 5.32 Å². The highest BCUT2D eigenvalue weighted by molar-refractivity contribution is 7.91. The summed E-state index contributed by atoms with van der Waals surface area (Å²) in [7, 11) is -3.24. The fraction of sp³-hybridized carbons (Fsp3) is 0.111. The van der Waals surface area contributed by atoms with Crippen molar-refractivity contribution in [3.63, 3.8) is 0 Å². The molecular weight excluding hydrogens is 356 g/mol. The molecule has 0 spiro atoms. The lowest BCUT2D eigenvalue weighted by Crippen LogP contribution is -2.08. The summed E-state index contributed by atoms with van der Waals surface area (Å²) in [5, 5.41) is 3.45. The van der Waals surface area contributed by atoms with E-state index in [-0.39, 0.29) is 16.6 Å². The number of anilines is 1. The molecule has 0 unspecified atom stereocenters. The molecule has 0 bridgehead atoms. The molecule has 7 heteroatoms. The number of aromatic nitrogens is 1. The number of nitrogens with zero attached hydrogens (tertiary/aromatic N) is 1. The third-order valence-corrected chi connectivity index (χ3v) is 6.30. The number of hydrogen-bond donors (Lipinski definition) is 1. The molecular formula is C18H16N2O3S2. The van der Waals surface area contributed by atoms with Crippen molar-refractivity contribution in [1.29, 1.82) is 0 Å². The topological polar surface area (TPSA) is 76.1 Å². The minimum absolute atomic E-state index is 0.0452. The second-order valence-electron chi connectivity index (χ2n) is 5.27. The van der Waals surface area contributed by atoms with Gasteiger partial charge in [0.1, 0.15) is 5.01 Å². The number of para-hydroxylation sites is 1. The second kappa shape index (κ2) is 7.16. The summed E-state index contributed by atoms with van der Waals surface area (Å²) in [6, 6.07) is 13.9. The van der Waals surface area contributed by atoms with Crippen molar-refractivity contribution in [3.05, 3.63) is 59.6 Å². The average molecular weight is 372 g/mol. The van der Waals surface area contributed by atoms with Crippen LogP contribution in [-0.4, -0.2) is 25.1 Å². The Morgan fingerprint density at radius 1 is 1.16 bits per heavy atom. The number of amides is 1. The Labute approximate surface area is 150 Å². The number of carbonyl (C=O) groups excluding carboxylic acids is 1. The van der Waals surface area contributed by atoms with Crippen LogP contribution >= 0.6 is 11.3 Å². The highest BCUT2D eigenvalue weighted by Crippen LogP contribution is 2.22. The number of fused-ring (bicyclic) bond motifs is 1. The zero-order valence-corrected chi connectivity index (χ0v) is 15.1. The lowest BCUT2D eigenvalue weighted by Gasteiger charge is -2.04. The fourth-order valence-corrected chi connectivity index (χ4v) is 3.96. The van der Waals surface area contributed by atoms with Gasteiger partial charge in [0, 0.05) is 11.8 Å². The molecule has 0 saturated carbocycles. The van der Waals surface area contributed by atoms with E-state index in [1.54, 1.807) is 25.1 Å². The van der Waals surface area contributed by atoms with Gasteiger partial charge in [-0.3, -0.25) is 4.79 Å². The van der Waals surface area contributed by atoms with Crippen molar-refractivity contribution >= 4 is 49.1 Å². The summed E-state index contributed by atoms with van der Waals surface area (Å²) in [6.45, 7) is 1.60. The first-order valence-electron chi connectivity index (χ1n) is 7.65. The standard InChI is InChI=1S/C18H16N2O3S2/c1-2-25(22,23)14-9-7-13(8-10-14)19-17(21)11-12-18-20-15-5-3-4-6-16(15)24-18/h3-12H,2H2,1H3,(H,19,21)/b12-11+. The number of nitrogens with one attached hydrogen (secondary N) is 1. The number of thiazole rings is 1. The zero-order chi connectivity index (χ0) is 17.9. The normalized spacial score (nSPS) is 11.9. The maximum Gasteiger partial charge on any atom is 0.248 e. The highest BCUT2D eigenvalue weighted by Gasteiger charge is 2.11. The van der Waals surface area contributed by atoms with E-state index in [1.165, 1.54) is 29.5 Å². The van der Waals surface area contributed by atoms with Crippen LogP contribution in [0, 0.1) is 0 Å². The molecule has 0 aliphatic carbocycles. The largest absolute Gasteiger partial charge is 0.323 e. The van der Waals surface area contributed by atoms with E-state index >= 15 is 0 Å². The Morgan fingerprint density at radius 2 is 1.88 bits per heavy atom. The molecule has 1 aromatic heterocycles. The van der Waals surface area contributed by atoms with E-state index in [4.69, 9.17) is 0 Å². The summed E-state index contributed by atoms with van der Waals surface area (Å²) < 4.78 is 24.6. The maximum atomic E-state index is 12.0. The predicted molar refractivity (Wildman–Crippen MR) is 101 cm³/mol. The summed E-state index contributed by atoms with van der Waals surface area (Å²) >= 11 is 1.51. The monoisotopic (exact) mass is 372 g/mol. The molecule has 1 amide bonds. The van der Waals surface area contributed by atoms with Gasteiger partial charge < -0.3 is 5.32 Å². The smallest absolute Gasteiger partial charge is 0.248 e. The van der Waals surface area contributed by atoms with Gasteiger partial charge in [0.15, 0.2) is 9.84 Å². The fourth-order valence-electron chi connectivity index (χ4n) is 2.20.